The monoisotopic (exact) mass is 488 g/mol. The van der Waals surface area contributed by atoms with Crippen molar-refractivity contribution >= 4 is 46.7 Å². The van der Waals surface area contributed by atoms with Crippen molar-refractivity contribution in [2.75, 3.05) is 14.1 Å². The molecule has 0 radical (unpaired) electrons. The lowest BCUT2D eigenvalue weighted by Gasteiger charge is -2.33. The lowest BCUT2D eigenvalue weighted by atomic mass is 10.4. The van der Waals surface area contributed by atoms with E-state index in [2.05, 4.69) is 140 Å². The quantitative estimate of drug-likeness (QED) is 0.331. The minimum absolute atomic E-state index is 0.649. The first-order chi connectivity index (χ1) is 16.1. The highest BCUT2D eigenvalue weighted by Crippen LogP contribution is 2.65. The molecule has 0 amide bonds. The molecule has 1 unspecified atom stereocenters. The largest absolute Gasteiger partial charge is 0.229 e. The van der Waals surface area contributed by atoms with E-state index in [1.54, 1.807) is 0 Å². The second kappa shape index (κ2) is 9.37. The number of hydrogen-bond acceptors (Lipinski definition) is 4. The molecule has 1 aliphatic rings. The van der Waals surface area contributed by atoms with Crippen LogP contribution in [-0.4, -0.2) is 18.4 Å². The van der Waals surface area contributed by atoms with Crippen LogP contribution in [0.4, 0.5) is 0 Å². The van der Waals surface area contributed by atoms with Crippen molar-refractivity contribution in [3.05, 3.63) is 121 Å². The Morgan fingerprint density at radius 3 is 1.18 bits per heavy atom. The summed E-state index contributed by atoms with van der Waals surface area (Å²) in [6.07, 6.45) is 0. The van der Waals surface area contributed by atoms with Crippen molar-refractivity contribution in [1.82, 2.24) is 4.31 Å². The van der Waals surface area contributed by atoms with Gasteiger partial charge in [-0.1, -0.05) is 121 Å². The highest BCUT2D eigenvalue weighted by molar-refractivity contribution is 8.02. The van der Waals surface area contributed by atoms with Gasteiger partial charge in [-0.25, -0.2) is 8.82 Å². The SMILES string of the molecule is CN(C)S1=NP(c2ccccc2)(c2ccccc2)=NP(c2ccccc2)(c2ccccc2)=N1. The van der Waals surface area contributed by atoms with Gasteiger partial charge in [-0.2, -0.15) is 8.28 Å². The number of benzene rings is 4. The van der Waals surface area contributed by atoms with Crippen LogP contribution in [0.2, 0.25) is 0 Å². The molecule has 0 fully saturated rings. The van der Waals surface area contributed by atoms with Crippen LogP contribution in [0.25, 0.3) is 0 Å². The topological polar surface area (TPSA) is 40.3 Å². The lowest BCUT2D eigenvalue weighted by molar-refractivity contribution is 0.694. The minimum Gasteiger partial charge on any atom is -0.229 e. The van der Waals surface area contributed by atoms with E-state index in [1.807, 2.05) is 0 Å². The van der Waals surface area contributed by atoms with Gasteiger partial charge in [0, 0.05) is 21.2 Å². The number of hydrogen-bond donors (Lipinski definition) is 0. The Balaban J connectivity index is 1.99. The van der Waals surface area contributed by atoms with Gasteiger partial charge < -0.3 is 0 Å². The molecule has 4 nitrogen and oxygen atoms in total. The molecular weight excluding hydrogens is 462 g/mol. The maximum absolute atomic E-state index is 5.83. The molecule has 1 atom stereocenters. The zero-order chi connectivity index (χ0) is 22.7. The first kappa shape index (κ1) is 22.3. The van der Waals surface area contributed by atoms with Crippen molar-refractivity contribution in [2.45, 2.75) is 0 Å². The summed E-state index contributed by atoms with van der Waals surface area (Å²) in [5, 5.41) is 4.67. The van der Waals surface area contributed by atoms with E-state index in [4.69, 9.17) is 12.8 Å². The summed E-state index contributed by atoms with van der Waals surface area (Å²) in [5.41, 5.74) is 0. The average Bonchev–Trinajstić information content (AvgIpc) is 2.90. The van der Waals surface area contributed by atoms with E-state index in [0.29, 0.717) is 0 Å². The van der Waals surface area contributed by atoms with Crippen LogP contribution >= 0.6 is 14.4 Å². The summed E-state index contributed by atoms with van der Waals surface area (Å²) in [4.78, 5) is 0. The van der Waals surface area contributed by atoms with Gasteiger partial charge in [0.2, 0.25) is 0 Å². The fraction of sp³-hybridized carbons (Fsp3) is 0.0769. The molecule has 33 heavy (non-hydrogen) atoms. The molecule has 5 rings (SSSR count). The number of rotatable bonds is 5. The van der Waals surface area contributed by atoms with Gasteiger partial charge in [0.15, 0.2) is 0 Å². The molecular formula is C26H26N4P2S. The highest BCUT2D eigenvalue weighted by atomic mass is 32.2. The van der Waals surface area contributed by atoms with E-state index < -0.39 is 25.5 Å². The average molecular weight is 489 g/mol. The molecule has 4 aromatic carbocycles. The van der Waals surface area contributed by atoms with Crippen molar-refractivity contribution in [3.8, 4) is 0 Å². The van der Waals surface area contributed by atoms with Crippen LogP contribution in [0.5, 0.6) is 0 Å². The Morgan fingerprint density at radius 1 is 0.515 bits per heavy atom. The predicted molar refractivity (Wildman–Crippen MR) is 146 cm³/mol. The Hall–Kier alpha value is -2.55. The molecule has 0 saturated carbocycles. The van der Waals surface area contributed by atoms with E-state index in [0.717, 1.165) is 0 Å². The summed E-state index contributed by atoms with van der Waals surface area (Å²) in [6.45, 7) is 0. The first-order valence-electron chi connectivity index (χ1n) is 10.8. The third kappa shape index (κ3) is 4.11. The third-order valence-corrected chi connectivity index (χ3v) is 15.3. The molecule has 1 aliphatic heterocycles. The molecule has 166 valence electrons. The maximum Gasteiger partial charge on any atom is 0.147 e. The normalized spacial score (nSPS) is 18.6. The van der Waals surface area contributed by atoms with Crippen molar-refractivity contribution < 1.29 is 0 Å². The van der Waals surface area contributed by atoms with Crippen LogP contribution in [0, 0.1) is 0 Å². The van der Waals surface area contributed by atoms with E-state index in [1.165, 1.54) is 21.2 Å². The highest BCUT2D eigenvalue weighted by Gasteiger charge is 2.36. The Bertz CT molecular complexity index is 1220. The molecule has 7 heteroatoms. The Labute approximate surface area is 198 Å². The van der Waals surface area contributed by atoms with Gasteiger partial charge in [-0.3, -0.25) is 0 Å². The van der Waals surface area contributed by atoms with Gasteiger partial charge in [0.1, 0.15) is 14.4 Å². The molecule has 0 aromatic heterocycles. The summed E-state index contributed by atoms with van der Waals surface area (Å²) < 4.78 is 18.9. The van der Waals surface area contributed by atoms with Crippen LogP contribution in [-0.2, 0) is 11.1 Å². The zero-order valence-corrected chi connectivity index (χ0v) is 21.2. The van der Waals surface area contributed by atoms with Crippen LogP contribution in [0.15, 0.2) is 134 Å². The van der Waals surface area contributed by atoms with E-state index in [9.17, 15) is 0 Å². The summed E-state index contributed by atoms with van der Waals surface area (Å²) >= 11 is -0.649. The van der Waals surface area contributed by atoms with Gasteiger partial charge in [-0.15, -0.1) is 0 Å². The molecule has 4 aromatic rings. The van der Waals surface area contributed by atoms with Gasteiger partial charge in [-0.05, 0) is 14.1 Å². The molecule has 0 N–H and O–H groups in total. The summed E-state index contributed by atoms with van der Waals surface area (Å²) in [7, 11) is -0.830. The standard InChI is InChI=1S/C26H26N4P2S/c1-30(2)33-28-31(23-15-7-3-8-16-23,24-17-9-4-10-18-24)27-32(29-33,25-19-11-5-12-20-25)26-21-13-6-14-22-26/h3-22H,1-2H3. The minimum atomic E-state index is -2.48. The van der Waals surface area contributed by atoms with Crippen LogP contribution in [0.3, 0.4) is 0 Å². The van der Waals surface area contributed by atoms with E-state index in [-0.39, 0.29) is 0 Å². The molecule has 0 saturated heterocycles. The second-order valence-electron chi connectivity index (χ2n) is 7.85. The lowest BCUT2D eigenvalue weighted by Crippen LogP contribution is -2.25. The van der Waals surface area contributed by atoms with Crippen molar-refractivity contribution in [3.63, 3.8) is 0 Å². The fourth-order valence-corrected chi connectivity index (χ4v) is 15.6. The van der Waals surface area contributed by atoms with Crippen molar-refractivity contribution in [2.24, 2.45) is 12.8 Å². The van der Waals surface area contributed by atoms with Crippen LogP contribution in [0.1, 0.15) is 0 Å². The second-order valence-corrected chi connectivity index (χ2v) is 15.6. The van der Waals surface area contributed by atoms with Crippen molar-refractivity contribution in [1.29, 1.82) is 0 Å². The zero-order valence-electron chi connectivity index (χ0n) is 18.6. The Kier molecular flexibility index (Phi) is 6.32. The molecule has 1 heterocycles. The van der Waals surface area contributed by atoms with Crippen LogP contribution < -0.4 is 21.2 Å². The molecule has 0 aliphatic carbocycles. The number of nitrogens with zero attached hydrogens (tertiary/aromatic N) is 4. The molecule has 0 bridgehead atoms. The fourth-order valence-electron chi connectivity index (χ4n) is 3.83. The van der Waals surface area contributed by atoms with Gasteiger partial charge in [0.25, 0.3) is 0 Å². The van der Waals surface area contributed by atoms with E-state index >= 15 is 0 Å². The third-order valence-electron chi connectivity index (χ3n) is 5.43. The predicted octanol–water partition coefficient (Wildman–Crippen LogP) is 5.73. The maximum atomic E-state index is 5.83. The summed E-state index contributed by atoms with van der Waals surface area (Å²) in [6, 6.07) is 42.4. The first-order valence-corrected chi connectivity index (χ1v) is 15.3. The van der Waals surface area contributed by atoms with Gasteiger partial charge in [0.05, 0.1) is 11.1 Å². The Morgan fingerprint density at radius 2 is 0.848 bits per heavy atom. The smallest absolute Gasteiger partial charge is 0.147 e. The van der Waals surface area contributed by atoms with Gasteiger partial charge >= 0.3 is 0 Å². The summed E-state index contributed by atoms with van der Waals surface area (Å²) in [5.74, 6) is 0. The molecule has 0 spiro atoms.